The zero-order valence-electron chi connectivity index (χ0n) is 23.4. The number of benzene rings is 1. The van der Waals surface area contributed by atoms with Crippen LogP contribution in [0.5, 0.6) is 5.75 Å². The average molecular weight is 512 g/mol. The van der Waals surface area contributed by atoms with E-state index in [0.717, 1.165) is 43.4 Å². The van der Waals surface area contributed by atoms with Gasteiger partial charge in [-0.3, -0.25) is 4.79 Å². The van der Waals surface area contributed by atoms with Crippen molar-refractivity contribution >= 4 is 5.91 Å². The molecule has 1 aromatic rings. The highest BCUT2D eigenvalue weighted by atomic mass is 16.5. The van der Waals surface area contributed by atoms with Crippen molar-refractivity contribution in [3.05, 3.63) is 29.8 Å². The maximum Gasteiger partial charge on any atom is 0.220 e. The van der Waals surface area contributed by atoms with Gasteiger partial charge in [0.05, 0.1) is 19.3 Å². The van der Waals surface area contributed by atoms with Crippen LogP contribution in [-0.4, -0.2) is 35.4 Å². The highest BCUT2D eigenvalue weighted by Gasteiger charge is 2.62. The number of rotatable bonds is 7. The van der Waals surface area contributed by atoms with Crippen molar-refractivity contribution < 1.29 is 19.7 Å². The summed E-state index contributed by atoms with van der Waals surface area (Å²) in [6, 6.07) is 7.85. The van der Waals surface area contributed by atoms with Crippen LogP contribution < -0.4 is 10.1 Å². The smallest absolute Gasteiger partial charge is 0.220 e. The standard InChI is InChI=1S/C32H49NO4/c1-20(5-12-29(36)33-19-21-6-8-24(37-4)9-7-21)25-10-11-26-30-27(14-16-32(25,26)3)31(2)15-13-23(34)17-22(31)18-28(30)35/h6-9,20,22-23,25-28,30,34-35H,5,10-19H2,1-4H3,(H,33,36)/t20-,22+,23-,25-,26+,27+,28+,30+,31+,32-/m1/s1. The molecule has 0 aromatic heterocycles. The van der Waals surface area contributed by atoms with E-state index in [9.17, 15) is 15.0 Å². The van der Waals surface area contributed by atoms with Crippen molar-refractivity contribution in [2.75, 3.05) is 7.11 Å². The Bertz CT molecular complexity index is 949. The second-order valence-electron chi connectivity index (χ2n) is 13.6. The molecule has 4 saturated carbocycles. The Morgan fingerprint density at radius 3 is 2.46 bits per heavy atom. The quantitative estimate of drug-likeness (QED) is 0.438. The molecule has 0 unspecified atom stereocenters. The number of methoxy groups -OCH3 is 1. The Morgan fingerprint density at radius 1 is 1.03 bits per heavy atom. The largest absolute Gasteiger partial charge is 0.497 e. The summed E-state index contributed by atoms with van der Waals surface area (Å²) in [7, 11) is 1.66. The molecule has 1 aromatic carbocycles. The lowest BCUT2D eigenvalue weighted by atomic mass is 9.43. The molecule has 5 nitrogen and oxygen atoms in total. The Morgan fingerprint density at radius 2 is 1.73 bits per heavy atom. The summed E-state index contributed by atoms with van der Waals surface area (Å²) in [6.07, 6.45) is 9.78. The van der Waals surface area contributed by atoms with Crippen LogP contribution >= 0.6 is 0 Å². The molecule has 0 bridgehead atoms. The maximum atomic E-state index is 12.7. The van der Waals surface area contributed by atoms with Crippen molar-refractivity contribution in [3.63, 3.8) is 0 Å². The van der Waals surface area contributed by atoms with Gasteiger partial charge in [0, 0.05) is 13.0 Å². The van der Waals surface area contributed by atoms with Crippen LogP contribution in [0.3, 0.4) is 0 Å². The predicted octanol–water partition coefficient (Wildman–Crippen LogP) is 5.72. The van der Waals surface area contributed by atoms with E-state index in [4.69, 9.17) is 4.74 Å². The van der Waals surface area contributed by atoms with Gasteiger partial charge in [-0.2, -0.15) is 0 Å². The fourth-order valence-electron chi connectivity index (χ4n) is 9.77. The molecule has 0 spiro atoms. The molecule has 0 saturated heterocycles. The van der Waals surface area contributed by atoms with Crippen LogP contribution in [0, 0.1) is 46.3 Å². The minimum atomic E-state index is -0.226. The van der Waals surface area contributed by atoms with Crippen molar-refractivity contribution in [3.8, 4) is 5.75 Å². The van der Waals surface area contributed by atoms with Gasteiger partial charge in [0.25, 0.3) is 0 Å². The number of ether oxygens (including phenoxy) is 1. The van der Waals surface area contributed by atoms with Gasteiger partial charge in [-0.05, 0) is 122 Å². The molecule has 0 aliphatic heterocycles. The first-order valence-corrected chi connectivity index (χ1v) is 14.9. The molecule has 0 radical (unpaired) electrons. The van der Waals surface area contributed by atoms with Crippen LogP contribution in [0.25, 0.3) is 0 Å². The molecule has 37 heavy (non-hydrogen) atoms. The van der Waals surface area contributed by atoms with E-state index in [1.807, 2.05) is 24.3 Å². The van der Waals surface area contributed by atoms with E-state index in [0.29, 0.717) is 48.5 Å². The zero-order chi connectivity index (χ0) is 26.4. The number of carbonyl (C=O) groups is 1. The maximum absolute atomic E-state index is 12.7. The second-order valence-corrected chi connectivity index (χ2v) is 13.6. The van der Waals surface area contributed by atoms with Gasteiger partial charge in [-0.25, -0.2) is 0 Å². The van der Waals surface area contributed by atoms with E-state index in [2.05, 4.69) is 26.1 Å². The third-order valence-corrected chi connectivity index (χ3v) is 11.9. The summed E-state index contributed by atoms with van der Waals surface area (Å²) in [5.41, 5.74) is 1.62. The van der Waals surface area contributed by atoms with Gasteiger partial charge in [-0.1, -0.05) is 32.9 Å². The molecule has 4 aliphatic carbocycles. The Balaban J connectivity index is 1.18. The summed E-state index contributed by atoms with van der Waals surface area (Å²) in [6.45, 7) is 7.91. The number of nitrogens with one attached hydrogen (secondary N) is 1. The van der Waals surface area contributed by atoms with E-state index >= 15 is 0 Å². The lowest BCUT2D eigenvalue weighted by Gasteiger charge is -2.62. The third kappa shape index (κ3) is 4.95. The molecule has 1 amide bonds. The summed E-state index contributed by atoms with van der Waals surface area (Å²) in [4.78, 5) is 12.7. The topological polar surface area (TPSA) is 78.8 Å². The van der Waals surface area contributed by atoms with E-state index < -0.39 is 0 Å². The predicted molar refractivity (Wildman–Crippen MR) is 146 cm³/mol. The fourth-order valence-corrected chi connectivity index (χ4v) is 9.77. The number of fused-ring (bicyclic) bond motifs is 5. The van der Waals surface area contributed by atoms with Crippen LogP contribution in [0.4, 0.5) is 0 Å². The number of hydrogen-bond donors (Lipinski definition) is 3. The Hall–Kier alpha value is -1.59. The lowest BCUT2D eigenvalue weighted by Crippen LogP contribution is -2.58. The average Bonchev–Trinajstić information content (AvgIpc) is 3.24. The summed E-state index contributed by atoms with van der Waals surface area (Å²) < 4.78 is 5.21. The van der Waals surface area contributed by atoms with Crippen LogP contribution in [-0.2, 0) is 11.3 Å². The number of amides is 1. The second kappa shape index (κ2) is 10.5. The number of carbonyl (C=O) groups excluding carboxylic acids is 1. The first kappa shape index (κ1) is 27.0. The van der Waals surface area contributed by atoms with Gasteiger partial charge >= 0.3 is 0 Å². The molecular weight excluding hydrogens is 462 g/mol. The number of aliphatic hydroxyl groups is 2. The van der Waals surface area contributed by atoms with Crippen LogP contribution in [0.1, 0.15) is 90.5 Å². The molecule has 3 N–H and O–H groups in total. The zero-order valence-corrected chi connectivity index (χ0v) is 23.4. The molecule has 0 heterocycles. The molecule has 10 atom stereocenters. The minimum Gasteiger partial charge on any atom is -0.497 e. The van der Waals surface area contributed by atoms with Crippen molar-refractivity contribution in [1.29, 1.82) is 0 Å². The fraction of sp³-hybridized carbons (Fsp3) is 0.781. The van der Waals surface area contributed by atoms with Crippen molar-refractivity contribution in [2.45, 2.75) is 104 Å². The molecular formula is C32H49NO4. The Kier molecular flexibility index (Phi) is 7.68. The van der Waals surface area contributed by atoms with Gasteiger partial charge < -0.3 is 20.3 Å². The van der Waals surface area contributed by atoms with Crippen LogP contribution in [0.2, 0.25) is 0 Å². The normalized spacial score (nSPS) is 41.7. The molecule has 5 heteroatoms. The highest BCUT2D eigenvalue weighted by Crippen LogP contribution is 2.68. The molecule has 5 rings (SSSR count). The summed E-state index contributed by atoms with van der Waals surface area (Å²) in [5.74, 6) is 4.13. The summed E-state index contributed by atoms with van der Waals surface area (Å²) in [5, 5.41) is 24.9. The molecule has 206 valence electrons. The first-order chi connectivity index (χ1) is 17.7. The molecule has 4 fully saturated rings. The van der Waals surface area contributed by atoms with Gasteiger partial charge in [0.2, 0.25) is 5.91 Å². The monoisotopic (exact) mass is 511 g/mol. The number of aliphatic hydroxyl groups excluding tert-OH is 2. The summed E-state index contributed by atoms with van der Waals surface area (Å²) >= 11 is 0. The van der Waals surface area contributed by atoms with Gasteiger partial charge in [0.15, 0.2) is 0 Å². The minimum absolute atomic E-state index is 0.132. The highest BCUT2D eigenvalue weighted by molar-refractivity contribution is 5.75. The third-order valence-electron chi connectivity index (χ3n) is 11.9. The number of hydrogen-bond acceptors (Lipinski definition) is 4. The van der Waals surface area contributed by atoms with Gasteiger partial charge in [-0.15, -0.1) is 0 Å². The van der Waals surface area contributed by atoms with Crippen molar-refractivity contribution in [2.24, 2.45) is 46.3 Å². The van der Waals surface area contributed by atoms with E-state index in [1.54, 1.807) is 7.11 Å². The van der Waals surface area contributed by atoms with Gasteiger partial charge in [0.1, 0.15) is 5.75 Å². The lowest BCUT2D eigenvalue weighted by molar-refractivity contribution is -0.174. The van der Waals surface area contributed by atoms with E-state index in [1.165, 1.54) is 25.7 Å². The SMILES string of the molecule is COc1ccc(CNC(=O)CC[C@@H](C)[C@H]2CC[C@H]3[C@@H]4[C@@H](O)C[C@@H]5C[C@H](O)CC[C@]5(C)[C@H]4CC[C@]23C)cc1. The first-order valence-electron chi connectivity index (χ1n) is 14.9. The Labute approximate surface area is 223 Å². The van der Waals surface area contributed by atoms with Crippen LogP contribution in [0.15, 0.2) is 24.3 Å². The van der Waals surface area contributed by atoms with E-state index in [-0.39, 0.29) is 28.9 Å². The van der Waals surface area contributed by atoms with Crippen molar-refractivity contribution in [1.82, 2.24) is 5.32 Å². The molecule has 4 aliphatic rings.